The lowest BCUT2D eigenvalue weighted by atomic mass is 9.89. The van der Waals surface area contributed by atoms with Gasteiger partial charge in [0.05, 0.1) is 12.8 Å². The van der Waals surface area contributed by atoms with Crippen molar-refractivity contribution in [2.24, 2.45) is 0 Å². The highest BCUT2D eigenvalue weighted by Gasteiger charge is 2.23. The van der Waals surface area contributed by atoms with E-state index in [2.05, 4.69) is 5.32 Å². The van der Waals surface area contributed by atoms with Crippen LogP contribution in [0.5, 0.6) is 5.75 Å². The van der Waals surface area contributed by atoms with Crippen molar-refractivity contribution in [3.63, 3.8) is 0 Å². The lowest BCUT2D eigenvalue weighted by molar-refractivity contribution is 0.382. The summed E-state index contributed by atoms with van der Waals surface area (Å²) in [5, 5.41) is 3.26. The number of benzene rings is 1. The van der Waals surface area contributed by atoms with Gasteiger partial charge < -0.3 is 15.8 Å². The number of ether oxygens (including phenoxy) is 1. The van der Waals surface area contributed by atoms with Gasteiger partial charge in [-0.1, -0.05) is 0 Å². The Hall–Kier alpha value is -1.29. The SMILES string of the molecule is COc1ccc(N)c(F)c1C1CCNCC1. The van der Waals surface area contributed by atoms with Crippen LogP contribution in [0.1, 0.15) is 24.3 Å². The number of methoxy groups -OCH3 is 1. The minimum atomic E-state index is -0.314. The molecule has 0 radical (unpaired) electrons. The normalized spacial score (nSPS) is 17.4. The molecule has 4 heteroatoms. The number of nitrogen functional groups attached to an aromatic ring is 1. The molecule has 1 aliphatic heterocycles. The third-order valence-corrected chi connectivity index (χ3v) is 3.14. The summed E-state index contributed by atoms with van der Waals surface area (Å²) >= 11 is 0. The molecule has 0 bridgehead atoms. The number of halogens is 1. The van der Waals surface area contributed by atoms with Gasteiger partial charge in [-0.05, 0) is 44.0 Å². The molecule has 0 aliphatic carbocycles. The summed E-state index contributed by atoms with van der Waals surface area (Å²) in [6, 6.07) is 3.30. The second-order valence-corrected chi connectivity index (χ2v) is 4.11. The molecular weight excluding hydrogens is 207 g/mol. The molecule has 3 nitrogen and oxygen atoms in total. The first kappa shape index (κ1) is 11.2. The van der Waals surface area contributed by atoms with Gasteiger partial charge in [0, 0.05) is 5.56 Å². The van der Waals surface area contributed by atoms with Gasteiger partial charge in [0.1, 0.15) is 5.75 Å². The maximum atomic E-state index is 14.0. The standard InChI is InChI=1S/C12H17FN2O/c1-16-10-3-2-9(14)12(13)11(10)8-4-6-15-7-5-8/h2-3,8,15H,4-7,14H2,1H3. The molecule has 1 saturated heterocycles. The van der Waals surface area contributed by atoms with Crippen molar-refractivity contribution >= 4 is 5.69 Å². The fraction of sp³-hybridized carbons (Fsp3) is 0.500. The van der Waals surface area contributed by atoms with Gasteiger partial charge >= 0.3 is 0 Å². The van der Waals surface area contributed by atoms with Gasteiger partial charge in [0.25, 0.3) is 0 Å². The summed E-state index contributed by atoms with van der Waals surface area (Å²) in [7, 11) is 1.57. The zero-order valence-electron chi connectivity index (χ0n) is 9.42. The van der Waals surface area contributed by atoms with E-state index in [-0.39, 0.29) is 17.4 Å². The molecule has 0 amide bonds. The van der Waals surface area contributed by atoms with E-state index in [0.717, 1.165) is 25.9 Å². The Morgan fingerprint density at radius 3 is 2.69 bits per heavy atom. The van der Waals surface area contributed by atoms with Crippen LogP contribution < -0.4 is 15.8 Å². The van der Waals surface area contributed by atoms with E-state index in [1.807, 2.05) is 0 Å². The Morgan fingerprint density at radius 2 is 2.06 bits per heavy atom. The average molecular weight is 224 g/mol. The molecule has 2 rings (SSSR count). The Morgan fingerprint density at radius 1 is 1.38 bits per heavy atom. The first-order valence-corrected chi connectivity index (χ1v) is 5.56. The van der Waals surface area contributed by atoms with E-state index in [4.69, 9.17) is 10.5 Å². The van der Waals surface area contributed by atoms with E-state index in [0.29, 0.717) is 11.3 Å². The van der Waals surface area contributed by atoms with Gasteiger partial charge in [-0.25, -0.2) is 4.39 Å². The number of nitrogens with two attached hydrogens (primary N) is 1. The first-order valence-electron chi connectivity index (χ1n) is 5.56. The summed E-state index contributed by atoms with van der Waals surface area (Å²) in [4.78, 5) is 0. The maximum Gasteiger partial charge on any atom is 0.153 e. The van der Waals surface area contributed by atoms with Crippen molar-refractivity contribution in [1.82, 2.24) is 5.32 Å². The van der Waals surface area contributed by atoms with Crippen LogP contribution in [0.3, 0.4) is 0 Å². The topological polar surface area (TPSA) is 47.3 Å². The summed E-state index contributed by atoms with van der Waals surface area (Å²) in [5.74, 6) is 0.504. The molecule has 1 aromatic rings. The molecule has 1 aliphatic rings. The highest BCUT2D eigenvalue weighted by Crippen LogP contribution is 2.36. The zero-order valence-corrected chi connectivity index (χ0v) is 9.42. The Labute approximate surface area is 94.8 Å². The average Bonchev–Trinajstić information content (AvgIpc) is 2.33. The van der Waals surface area contributed by atoms with Crippen molar-refractivity contribution in [2.75, 3.05) is 25.9 Å². The van der Waals surface area contributed by atoms with Crippen LogP contribution in [0.2, 0.25) is 0 Å². The number of hydrogen-bond donors (Lipinski definition) is 2. The van der Waals surface area contributed by atoms with E-state index in [1.165, 1.54) is 0 Å². The smallest absolute Gasteiger partial charge is 0.153 e. The quantitative estimate of drug-likeness (QED) is 0.754. The number of nitrogens with one attached hydrogen (secondary N) is 1. The fourth-order valence-corrected chi connectivity index (χ4v) is 2.26. The molecule has 0 unspecified atom stereocenters. The Bertz CT molecular complexity index is 376. The second-order valence-electron chi connectivity index (χ2n) is 4.11. The van der Waals surface area contributed by atoms with E-state index < -0.39 is 0 Å². The predicted molar refractivity (Wildman–Crippen MR) is 62.2 cm³/mol. The molecule has 0 atom stereocenters. The maximum absolute atomic E-state index is 14.0. The van der Waals surface area contributed by atoms with E-state index in [9.17, 15) is 4.39 Å². The van der Waals surface area contributed by atoms with Crippen molar-refractivity contribution < 1.29 is 9.13 Å². The third kappa shape index (κ3) is 1.97. The lowest BCUT2D eigenvalue weighted by Crippen LogP contribution is -2.27. The molecule has 0 spiro atoms. The minimum absolute atomic E-state index is 0.203. The Kier molecular flexibility index (Phi) is 3.29. The van der Waals surface area contributed by atoms with Gasteiger partial charge in [0.15, 0.2) is 5.82 Å². The molecule has 16 heavy (non-hydrogen) atoms. The van der Waals surface area contributed by atoms with Gasteiger partial charge in [-0.15, -0.1) is 0 Å². The van der Waals surface area contributed by atoms with Crippen LogP contribution in [0.15, 0.2) is 12.1 Å². The number of anilines is 1. The summed E-state index contributed by atoms with van der Waals surface area (Å²) < 4.78 is 19.2. The monoisotopic (exact) mass is 224 g/mol. The molecule has 3 N–H and O–H groups in total. The van der Waals surface area contributed by atoms with Crippen molar-refractivity contribution in [3.8, 4) is 5.75 Å². The highest BCUT2D eigenvalue weighted by atomic mass is 19.1. The molecule has 0 aromatic heterocycles. The predicted octanol–water partition coefficient (Wildman–Crippen LogP) is 1.88. The van der Waals surface area contributed by atoms with Gasteiger partial charge in [-0.3, -0.25) is 0 Å². The molecule has 1 fully saturated rings. The Balaban J connectivity index is 2.39. The molecule has 0 saturated carbocycles. The van der Waals surface area contributed by atoms with Crippen molar-refractivity contribution in [3.05, 3.63) is 23.5 Å². The lowest BCUT2D eigenvalue weighted by Gasteiger charge is -2.25. The van der Waals surface area contributed by atoms with Gasteiger partial charge in [0.2, 0.25) is 0 Å². The van der Waals surface area contributed by atoms with Crippen LogP contribution in [0.4, 0.5) is 10.1 Å². The first-order chi connectivity index (χ1) is 7.74. The van der Waals surface area contributed by atoms with Gasteiger partial charge in [-0.2, -0.15) is 0 Å². The van der Waals surface area contributed by atoms with Crippen LogP contribution >= 0.6 is 0 Å². The number of rotatable bonds is 2. The summed E-state index contributed by atoms with van der Waals surface area (Å²) in [6.45, 7) is 1.84. The molecule has 1 aromatic carbocycles. The largest absolute Gasteiger partial charge is 0.496 e. The molecule has 88 valence electrons. The van der Waals surface area contributed by atoms with E-state index in [1.54, 1.807) is 19.2 Å². The third-order valence-electron chi connectivity index (χ3n) is 3.14. The van der Waals surface area contributed by atoms with Crippen molar-refractivity contribution in [2.45, 2.75) is 18.8 Å². The van der Waals surface area contributed by atoms with Crippen LogP contribution in [-0.2, 0) is 0 Å². The number of hydrogen-bond acceptors (Lipinski definition) is 3. The van der Waals surface area contributed by atoms with Crippen LogP contribution in [0.25, 0.3) is 0 Å². The van der Waals surface area contributed by atoms with Crippen LogP contribution in [0, 0.1) is 5.82 Å². The van der Waals surface area contributed by atoms with Crippen LogP contribution in [-0.4, -0.2) is 20.2 Å². The molecular formula is C12H17FN2O. The zero-order chi connectivity index (χ0) is 11.5. The van der Waals surface area contributed by atoms with E-state index >= 15 is 0 Å². The summed E-state index contributed by atoms with van der Waals surface area (Å²) in [5.41, 5.74) is 6.45. The summed E-state index contributed by atoms with van der Waals surface area (Å²) in [6.07, 6.45) is 1.85. The molecule has 1 heterocycles. The second kappa shape index (κ2) is 4.70. The van der Waals surface area contributed by atoms with Crippen molar-refractivity contribution in [1.29, 1.82) is 0 Å². The highest BCUT2D eigenvalue weighted by molar-refractivity contribution is 5.51. The minimum Gasteiger partial charge on any atom is -0.496 e. The number of piperidine rings is 1. The fourth-order valence-electron chi connectivity index (χ4n) is 2.26.